The van der Waals surface area contributed by atoms with Gasteiger partial charge in [-0.15, -0.1) is 0 Å². The molecule has 2 N–H and O–H groups in total. The number of hydrogen-bond acceptors (Lipinski definition) is 4. The number of carboxylic acids is 2. The van der Waals surface area contributed by atoms with Crippen LogP contribution in [-0.2, 0) is 14.3 Å². The van der Waals surface area contributed by atoms with Crippen LogP contribution in [0, 0.1) is 0 Å². The molecule has 8 heteroatoms. The second-order valence-corrected chi connectivity index (χ2v) is 4.80. The van der Waals surface area contributed by atoms with Gasteiger partial charge in [0.15, 0.2) is 0 Å². The highest BCUT2D eigenvalue weighted by molar-refractivity contribution is 5.84. The first-order chi connectivity index (χ1) is 9.40. The van der Waals surface area contributed by atoms with E-state index in [0.29, 0.717) is 13.2 Å². The SMILES string of the molecule is CN(CC1CCCCO1)C(=O)N(CC(=O)O)CC(=O)O. The summed E-state index contributed by atoms with van der Waals surface area (Å²) < 4.78 is 5.50. The summed E-state index contributed by atoms with van der Waals surface area (Å²) in [7, 11) is 1.51. The van der Waals surface area contributed by atoms with Crippen molar-refractivity contribution in [3.05, 3.63) is 0 Å². The Hall–Kier alpha value is -1.83. The van der Waals surface area contributed by atoms with Crippen molar-refractivity contribution < 1.29 is 29.3 Å². The van der Waals surface area contributed by atoms with E-state index in [4.69, 9.17) is 14.9 Å². The molecule has 1 aliphatic heterocycles. The fourth-order valence-corrected chi connectivity index (χ4v) is 2.09. The second kappa shape index (κ2) is 7.68. The number of carboxylic acid groups (broad SMARTS) is 2. The Labute approximate surface area is 116 Å². The van der Waals surface area contributed by atoms with E-state index in [1.54, 1.807) is 0 Å². The molecule has 0 spiro atoms. The standard InChI is InChI=1S/C12H20N2O6/c1-13(6-9-4-2-3-5-20-9)12(19)14(7-10(15)16)8-11(17)18/h9H,2-8H2,1H3,(H,15,16)(H,17,18). The average molecular weight is 288 g/mol. The summed E-state index contributed by atoms with van der Waals surface area (Å²) in [6, 6.07) is -0.621. The number of likely N-dealkylation sites (N-methyl/N-ethyl adjacent to an activating group) is 1. The van der Waals surface area contributed by atoms with Crippen LogP contribution in [0.25, 0.3) is 0 Å². The van der Waals surface area contributed by atoms with Crippen molar-refractivity contribution >= 4 is 18.0 Å². The van der Waals surface area contributed by atoms with Crippen molar-refractivity contribution in [1.29, 1.82) is 0 Å². The van der Waals surface area contributed by atoms with Gasteiger partial charge >= 0.3 is 18.0 Å². The maximum Gasteiger partial charge on any atom is 0.323 e. The molecule has 0 bridgehead atoms. The van der Waals surface area contributed by atoms with Gasteiger partial charge in [0.2, 0.25) is 0 Å². The predicted octanol–water partition coefficient (Wildman–Crippen LogP) is 0.0785. The van der Waals surface area contributed by atoms with E-state index >= 15 is 0 Å². The summed E-state index contributed by atoms with van der Waals surface area (Å²) in [4.78, 5) is 35.5. The zero-order valence-electron chi connectivity index (χ0n) is 11.4. The molecule has 1 fully saturated rings. The minimum atomic E-state index is -1.25. The Morgan fingerprint density at radius 3 is 2.20 bits per heavy atom. The summed E-state index contributed by atoms with van der Waals surface area (Å²) in [5.41, 5.74) is 0. The molecular weight excluding hydrogens is 268 g/mol. The number of hydrogen-bond donors (Lipinski definition) is 2. The van der Waals surface area contributed by atoms with Crippen LogP contribution in [0.4, 0.5) is 4.79 Å². The Morgan fingerprint density at radius 2 is 1.75 bits per heavy atom. The number of carbonyl (C=O) groups excluding carboxylic acids is 1. The number of urea groups is 1. The zero-order chi connectivity index (χ0) is 15.1. The summed E-state index contributed by atoms with van der Waals surface area (Å²) in [6.45, 7) is -0.294. The van der Waals surface area contributed by atoms with Gasteiger partial charge in [-0.3, -0.25) is 9.59 Å². The van der Waals surface area contributed by atoms with E-state index in [1.807, 2.05) is 0 Å². The molecule has 0 aliphatic carbocycles. The molecule has 8 nitrogen and oxygen atoms in total. The van der Waals surface area contributed by atoms with Crippen LogP contribution >= 0.6 is 0 Å². The van der Waals surface area contributed by atoms with E-state index in [-0.39, 0.29) is 6.10 Å². The Morgan fingerprint density at radius 1 is 1.15 bits per heavy atom. The lowest BCUT2D eigenvalue weighted by Gasteiger charge is -2.30. The first-order valence-electron chi connectivity index (χ1n) is 6.45. The molecule has 114 valence electrons. The van der Waals surface area contributed by atoms with Gasteiger partial charge in [-0.05, 0) is 19.3 Å². The summed E-state index contributed by atoms with van der Waals surface area (Å²) in [5, 5.41) is 17.4. The maximum atomic E-state index is 12.1. The van der Waals surface area contributed by atoms with Crippen LogP contribution in [0.2, 0.25) is 0 Å². The van der Waals surface area contributed by atoms with Gasteiger partial charge in [-0.25, -0.2) is 4.79 Å². The molecule has 0 aromatic carbocycles. The number of nitrogens with zero attached hydrogens (tertiary/aromatic N) is 2. The van der Waals surface area contributed by atoms with Crippen LogP contribution in [0.5, 0.6) is 0 Å². The van der Waals surface area contributed by atoms with Gasteiger partial charge in [0.05, 0.1) is 6.10 Å². The molecule has 1 rings (SSSR count). The summed E-state index contributed by atoms with van der Waals surface area (Å²) in [5.74, 6) is -2.50. The monoisotopic (exact) mass is 288 g/mol. The molecule has 0 radical (unpaired) electrons. The minimum Gasteiger partial charge on any atom is -0.480 e. The lowest BCUT2D eigenvalue weighted by atomic mass is 10.1. The minimum absolute atomic E-state index is 0.0748. The summed E-state index contributed by atoms with van der Waals surface area (Å²) in [6.07, 6.45) is 2.79. The molecule has 0 aromatic heterocycles. The van der Waals surface area contributed by atoms with Gasteiger partial charge in [0.25, 0.3) is 0 Å². The highest BCUT2D eigenvalue weighted by atomic mass is 16.5. The Bertz CT molecular complexity index is 351. The van der Waals surface area contributed by atoms with Gasteiger partial charge in [-0.1, -0.05) is 0 Å². The fraction of sp³-hybridized carbons (Fsp3) is 0.750. The smallest absolute Gasteiger partial charge is 0.323 e. The van der Waals surface area contributed by atoms with Crippen LogP contribution in [0.15, 0.2) is 0 Å². The van der Waals surface area contributed by atoms with E-state index in [2.05, 4.69) is 0 Å². The maximum absolute atomic E-state index is 12.1. The first kappa shape index (κ1) is 16.2. The van der Waals surface area contributed by atoms with Crippen molar-refractivity contribution in [2.45, 2.75) is 25.4 Å². The number of rotatable bonds is 6. The highest BCUT2D eigenvalue weighted by Crippen LogP contribution is 2.14. The van der Waals surface area contributed by atoms with Crippen molar-refractivity contribution in [2.75, 3.05) is 33.3 Å². The van der Waals surface area contributed by atoms with Crippen LogP contribution in [-0.4, -0.2) is 77.4 Å². The molecule has 1 atom stereocenters. The fourth-order valence-electron chi connectivity index (χ4n) is 2.09. The Balaban J connectivity index is 2.56. The Kier molecular flexibility index (Phi) is 6.23. The topological polar surface area (TPSA) is 107 Å². The van der Waals surface area contributed by atoms with Gasteiger partial charge in [-0.2, -0.15) is 0 Å². The molecular formula is C12H20N2O6. The van der Waals surface area contributed by atoms with Crippen molar-refractivity contribution in [3.8, 4) is 0 Å². The second-order valence-electron chi connectivity index (χ2n) is 4.80. The molecule has 1 saturated heterocycles. The van der Waals surface area contributed by atoms with E-state index < -0.39 is 31.1 Å². The van der Waals surface area contributed by atoms with E-state index in [1.165, 1.54) is 11.9 Å². The summed E-state index contributed by atoms with van der Waals surface area (Å²) >= 11 is 0. The third-order valence-electron chi connectivity index (χ3n) is 3.00. The number of aliphatic carboxylic acids is 2. The molecule has 1 aliphatic rings. The highest BCUT2D eigenvalue weighted by Gasteiger charge is 2.25. The van der Waals surface area contributed by atoms with E-state index in [0.717, 1.165) is 24.2 Å². The third-order valence-corrected chi connectivity index (χ3v) is 3.00. The van der Waals surface area contributed by atoms with Crippen molar-refractivity contribution in [3.63, 3.8) is 0 Å². The lowest BCUT2D eigenvalue weighted by Crippen LogP contribution is -2.48. The quantitative estimate of drug-likeness (QED) is 0.716. The number of ether oxygens (including phenoxy) is 1. The van der Waals surface area contributed by atoms with Crippen molar-refractivity contribution in [2.24, 2.45) is 0 Å². The predicted molar refractivity (Wildman–Crippen MR) is 68.5 cm³/mol. The van der Waals surface area contributed by atoms with Crippen LogP contribution in [0.1, 0.15) is 19.3 Å². The van der Waals surface area contributed by atoms with Gasteiger partial charge < -0.3 is 24.7 Å². The molecule has 1 heterocycles. The number of amides is 2. The molecule has 0 saturated carbocycles. The molecule has 2 amide bonds. The van der Waals surface area contributed by atoms with E-state index in [9.17, 15) is 14.4 Å². The first-order valence-corrected chi connectivity index (χ1v) is 6.45. The zero-order valence-corrected chi connectivity index (χ0v) is 11.4. The number of carbonyl (C=O) groups is 3. The van der Waals surface area contributed by atoms with Gasteiger partial charge in [0.1, 0.15) is 13.1 Å². The van der Waals surface area contributed by atoms with Crippen LogP contribution in [0.3, 0.4) is 0 Å². The largest absolute Gasteiger partial charge is 0.480 e. The van der Waals surface area contributed by atoms with Crippen molar-refractivity contribution in [1.82, 2.24) is 9.80 Å². The molecule has 0 aromatic rings. The third kappa shape index (κ3) is 5.43. The van der Waals surface area contributed by atoms with Crippen LogP contribution < -0.4 is 0 Å². The molecule has 20 heavy (non-hydrogen) atoms. The molecule has 1 unspecified atom stereocenters. The normalized spacial score (nSPS) is 18.4. The van der Waals surface area contributed by atoms with Gasteiger partial charge in [0, 0.05) is 20.2 Å². The lowest BCUT2D eigenvalue weighted by molar-refractivity contribution is -0.140. The average Bonchev–Trinajstić information content (AvgIpc) is 2.37.